The van der Waals surface area contributed by atoms with Crippen LogP contribution in [0.1, 0.15) is 23.1 Å². The molecule has 1 aromatic heterocycles. The Morgan fingerprint density at radius 3 is 2.61 bits per heavy atom. The van der Waals surface area contributed by atoms with Gasteiger partial charge in [-0.25, -0.2) is 14.0 Å². The first-order chi connectivity index (χ1) is 14.8. The Bertz CT molecular complexity index is 1200. The molecule has 1 amide bonds. The van der Waals surface area contributed by atoms with Crippen LogP contribution in [0.2, 0.25) is 5.02 Å². The molecule has 1 fully saturated rings. The highest BCUT2D eigenvalue weighted by molar-refractivity contribution is 6.31. The number of carbonyl (C=O) groups is 1. The zero-order chi connectivity index (χ0) is 22.1. The Morgan fingerprint density at radius 2 is 1.97 bits per heavy atom. The van der Waals surface area contributed by atoms with Gasteiger partial charge >= 0.3 is 11.7 Å². The summed E-state index contributed by atoms with van der Waals surface area (Å²) < 4.78 is 25.4. The highest BCUT2D eigenvalue weighted by atomic mass is 35.5. The molecule has 0 saturated carbocycles. The van der Waals surface area contributed by atoms with Gasteiger partial charge in [-0.1, -0.05) is 29.8 Å². The highest BCUT2D eigenvalue weighted by Gasteiger charge is 2.23. The van der Waals surface area contributed by atoms with Crippen molar-refractivity contribution in [3.63, 3.8) is 0 Å². The van der Waals surface area contributed by atoms with Crippen LogP contribution in [0.5, 0.6) is 5.75 Å². The van der Waals surface area contributed by atoms with E-state index in [-0.39, 0.29) is 17.8 Å². The zero-order valence-electron chi connectivity index (χ0n) is 17.3. The average Bonchev–Trinajstić information content (AvgIpc) is 2.69. The molecule has 162 valence electrons. The van der Waals surface area contributed by atoms with Gasteiger partial charge < -0.3 is 14.1 Å². The molecule has 4 rings (SSSR count). The lowest BCUT2D eigenvalue weighted by atomic mass is 9.97. The Kier molecular flexibility index (Phi) is 5.98. The smallest absolute Gasteiger partial charge is 0.414 e. The first-order valence-corrected chi connectivity index (χ1v) is 10.3. The molecular formula is C23H22ClFN2O4. The van der Waals surface area contributed by atoms with E-state index >= 15 is 0 Å². The number of amides is 1. The van der Waals surface area contributed by atoms with Gasteiger partial charge in [-0.05, 0) is 42.8 Å². The fraction of sp³-hybridized carbons (Fsp3) is 0.304. The van der Waals surface area contributed by atoms with E-state index in [1.165, 1.54) is 31.1 Å². The third-order valence-corrected chi connectivity index (χ3v) is 5.76. The van der Waals surface area contributed by atoms with Crippen LogP contribution in [0.15, 0.2) is 45.6 Å². The third-order valence-electron chi connectivity index (χ3n) is 5.39. The number of hydrogen-bond donors (Lipinski definition) is 0. The molecule has 8 heteroatoms. The van der Waals surface area contributed by atoms with E-state index in [1.807, 2.05) is 18.2 Å². The molecule has 0 bridgehead atoms. The standard InChI is InChI=1S/C23H22ClFN2O4/c1-26(2)23(29)31-21-12-20-15(11-19(21)25)17(13-27-8-5-9-27)16(22(28)30-20)10-14-6-3-4-7-18(14)24/h3-4,6-7,11-12H,5,8-10,13H2,1-2H3. The number of benzene rings is 2. The van der Waals surface area contributed by atoms with E-state index in [2.05, 4.69) is 4.90 Å². The van der Waals surface area contributed by atoms with Gasteiger partial charge in [0, 0.05) is 49.1 Å². The second-order valence-electron chi connectivity index (χ2n) is 7.79. The van der Waals surface area contributed by atoms with Crippen LogP contribution in [-0.4, -0.2) is 43.1 Å². The van der Waals surface area contributed by atoms with Crippen molar-refractivity contribution in [2.45, 2.75) is 19.4 Å². The molecule has 0 radical (unpaired) electrons. The normalized spacial score (nSPS) is 13.8. The second-order valence-corrected chi connectivity index (χ2v) is 8.19. The molecule has 1 saturated heterocycles. The maximum absolute atomic E-state index is 14.8. The minimum atomic E-state index is -0.725. The summed E-state index contributed by atoms with van der Waals surface area (Å²) in [6.07, 6.45) is 0.634. The molecule has 31 heavy (non-hydrogen) atoms. The lowest BCUT2D eigenvalue weighted by molar-refractivity contribution is 0.170. The van der Waals surface area contributed by atoms with Crippen molar-refractivity contribution in [3.05, 3.63) is 74.3 Å². The zero-order valence-corrected chi connectivity index (χ0v) is 18.0. The highest BCUT2D eigenvalue weighted by Crippen LogP contribution is 2.31. The van der Waals surface area contributed by atoms with Crippen molar-refractivity contribution in [1.29, 1.82) is 0 Å². The van der Waals surface area contributed by atoms with Crippen LogP contribution in [0.25, 0.3) is 11.0 Å². The van der Waals surface area contributed by atoms with E-state index in [0.29, 0.717) is 28.1 Å². The second kappa shape index (κ2) is 8.69. The maximum atomic E-state index is 14.8. The number of hydrogen-bond acceptors (Lipinski definition) is 5. The van der Waals surface area contributed by atoms with Gasteiger partial charge in [0.15, 0.2) is 11.6 Å². The Balaban J connectivity index is 1.84. The first-order valence-electron chi connectivity index (χ1n) is 9.96. The predicted octanol–water partition coefficient (Wildman–Crippen LogP) is 4.44. The van der Waals surface area contributed by atoms with E-state index in [9.17, 15) is 14.0 Å². The minimum absolute atomic E-state index is 0.173. The van der Waals surface area contributed by atoms with Crippen LogP contribution < -0.4 is 10.4 Å². The van der Waals surface area contributed by atoms with Gasteiger partial charge in [0.25, 0.3) is 0 Å². The van der Waals surface area contributed by atoms with Crippen molar-refractivity contribution in [3.8, 4) is 5.75 Å². The molecule has 0 unspecified atom stereocenters. The molecule has 0 N–H and O–H groups in total. The molecule has 6 nitrogen and oxygen atoms in total. The van der Waals surface area contributed by atoms with Crippen LogP contribution >= 0.6 is 11.6 Å². The van der Waals surface area contributed by atoms with Gasteiger partial charge in [-0.15, -0.1) is 0 Å². The molecule has 1 aliphatic rings. The fourth-order valence-electron chi connectivity index (χ4n) is 3.52. The number of carbonyl (C=O) groups excluding carboxylic acids is 1. The molecular weight excluding hydrogens is 423 g/mol. The average molecular weight is 445 g/mol. The van der Waals surface area contributed by atoms with Crippen molar-refractivity contribution < 1.29 is 18.3 Å². The molecule has 3 aromatic rings. The Morgan fingerprint density at radius 1 is 1.23 bits per heavy atom. The van der Waals surface area contributed by atoms with Crippen LogP contribution in [0.4, 0.5) is 9.18 Å². The summed E-state index contributed by atoms with van der Waals surface area (Å²) in [7, 11) is 2.99. The quantitative estimate of drug-likeness (QED) is 0.544. The summed E-state index contributed by atoms with van der Waals surface area (Å²) in [6.45, 7) is 2.32. The molecule has 1 aliphatic heterocycles. The summed E-state index contributed by atoms with van der Waals surface area (Å²) in [5.74, 6) is -0.992. The number of rotatable bonds is 5. The predicted molar refractivity (Wildman–Crippen MR) is 116 cm³/mol. The lowest BCUT2D eigenvalue weighted by Gasteiger charge is -2.31. The summed E-state index contributed by atoms with van der Waals surface area (Å²) >= 11 is 6.31. The molecule has 2 heterocycles. The maximum Gasteiger partial charge on any atom is 0.414 e. The topological polar surface area (TPSA) is 63.0 Å². The van der Waals surface area contributed by atoms with Gasteiger partial charge in [-0.3, -0.25) is 4.90 Å². The summed E-state index contributed by atoms with van der Waals surface area (Å²) in [5, 5.41) is 1.03. The number of ether oxygens (including phenoxy) is 1. The molecule has 0 atom stereocenters. The number of halogens is 2. The number of fused-ring (bicyclic) bond motifs is 1. The Hall–Kier alpha value is -2.90. The van der Waals surface area contributed by atoms with Crippen molar-refractivity contribution in [2.75, 3.05) is 27.2 Å². The minimum Gasteiger partial charge on any atom is -0.422 e. The largest absolute Gasteiger partial charge is 0.422 e. The SMILES string of the molecule is CN(C)C(=O)Oc1cc2oc(=O)c(Cc3ccccc3Cl)c(CN3CCC3)c2cc1F. The van der Waals surface area contributed by atoms with Crippen molar-refractivity contribution >= 4 is 28.7 Å². The molecule has 0 aliphatic carbocycles. The van der Waals surface area contributed by atoms with Gasteiger partial charge in [0.2, 0.25) is 0 Å². The third kappa shape index (κ3) is 4.43. The van der Waals surface area contributed by atoms with E-state index < -0.39 is 17.5 Å². The van der Waals surface area contributed by atoms with Crippen LogP contribution in [-0.2, 0) is 13.0 Å². The van der Waals surface area contributed by atoms with E-state index in [4.69, 9.17) is 20.8 Å². The van der Waals surface area contributed by atoms with Crippen LogP contribution in [0, 0.1) is 5.82 Å². The fourth-order valence-corrected chi connectivity index (χ4v) is 3.72. The molecule has 0 spiro atoms. The van der Waals surface area contributed by atoms with E-state index in [0.717, 1.165) is 25.1 Å². The Labute approximate surface area is 183 Å². The van der Waals surface area contributed by atoms with Crippen molar-refractivity contribution in [1.82, 2.24) is 9.80 Å². The monoisotopic (exact) mass is 444 g/mol. The summed E-state index contributed by atoms with van der Waals surface area (Å²) in [5.41, 5.74) is 1.60. The van der Waals surface area contributed by atoms with Gasteiger partial charge in [0.05, 0.1) is 0 Å². The van der Waals surface area contributed by atoms with Gasteiger partial charge in [-0.2, -0.15) is 0 Å². The van der Waals surface area contributed by atoms with E-state index in [1.54, 1.807) is 6.07 Å². The molecule has 2 aromatic carbocycles. The number of likely N-dealkylation sites (tertiary alicyclic amines) is 1. The lowest BCUT2D eigenvalue weighted by Crippen LogP contribution is -2.37. The number of nitrogens with zero attached hydrogens (tertiary/aromatic N) is 2. The first kappa shape index (κ1) is 21.3. The van der Waals surface area contributed by atoms with Gasteiger partial charge in [0.1, 0.15) is 5.58 Å². The van der Waals surface area contributed by atoms with Crippen LogP contribution in [0.3, 0.4) is 0 Å². The summed E-state index contributed by atoms with van der Waals surface area (Å²) in [4.78, 5) is 28.2. The van der Waals surface area contributed by atoms with Crippen molar-refractivity contribution in [2.24, 2.45) is 0 Å². The summed E-state index contributed by atoms with van der Waals surface area (Å²) in [6, 6.07) is 9.81.